The number of nitrogens with one attached hydrogen (secondary N) is 3. The number of hydrogen-bond donors (Lipinski definition) is 3. The fraction of sp³-hybridized carbons (Fsp3) is 0.667. The Balaban J connectivity index is 2.35. The van der Waals surface area contributed by atoms with E-state index in [0.29, 0.717) is 31.0 Å². The summed E-state index contributed by atoms with van der Waals surface area (Å²) in [6.07, 6.45) is 0.585. The highest BCUT2D eigenvalue weighted by atomic mass is 32.2. The van der Waals surface area contributed by atoms with Gasteiger partial charge in [0.1, 0.15) is 5.82 Å². The first-order chi connectivity index (χ1) is 9.32. The number of nitrogens with zero attached hydrogens (tertiary/aromatic N) is 1. The maximum Gasteiger partial charge on any atom is 0.251 e. The molecule has 1 rings (SSSR count). The number of aromatic nitrogens is 2. The quantitative estimate of drug-likeness (QED) is 0.603. The monoisotopic (exact) mass is 302 g/mol. The lowest BCUT2D eigenvalue weighted by atomic mass is 10.3. The highest BCUT2D eigenvalue weighted by Crippen LogP contribution is 1.91. The van der Waals surface area contributed by atoms with Gasteiger partial charge in [-0.1, -0.05) is 0 Å². The van der Waals surface area contributed by atoms with Crippen molar-refractivity contribution in [2.45, 2.75) is 33.2 Å². The van der Waals surface area contributed by atoms with E-state index in [2.05, 4.69) is 20.0 Å². The van der Waals surface area contributed by atoms with E-state index >= 15 is 0 Å². The van der Waals surface area contributed by atoms with Gasteiger partial charge in [-0.2, -0.15) is 0 Å². The smallest absolute Gasteiger partial charge is 0.251 e. The van der Waals surface area contributed by atoms with Crippen LogP contribution in [0.25, 0.3) is 0 Å². The summed E-state index contributed by atoms with van der Waals surface area (Å²) in [6, 6.07) is 1.45. The number of sulfonamides is 1. The molecule has 0 saturated carbocycles. The summed E-state index contributed by atoms with van der Waals surface area (Å²) in [5.41, 5.74) is 0.531. The Morgan fingerprint density at radius 2 is 2.15 bits per heavy atom. The van der Waals surface area contributed by atoms with Crippen molar-refractivity contribution in [3.05, 3.63) is 27.9 Å². The van der Waals surface area contributed by atoms with Crippen molar-refractivity contribution in [2.24, 2.45) is 0 Å². The van der Waals surface area contributed by atoms with Crippen LogP contribution >= 0.6 is 0 Å². The van der Waals surface area contributed by atoms with Gasteiger partial charge in [-0.3, -0.25) is 4.79 Å². The predicted octanol–water partition coefficient (Wildman–Crippen LogP) is -0.462. The molecule has 114 valence electrons. The van der Waals surface area contributed by atoms with Gasteiger partial charge < -0.3 is 10.3 Å². The van der Waals surface area contributed by atoms with Crippen LogP contribution in [0.15, 0.2) is 10.9 Å². The van der Waals surface area contributed by atoms with Gasteiger partial charge in [0.2, 0.25) is 10.0 Å². The van der Waals surface area contributed by atoms with Crippen molar-refractivity contribution >= 4 is 10.0 Å². The molecule has 7 nitrogen and oxygen atoms in total. The third-order valence-electron chi connectivity index (χ3n) is 2.76. The third-order valence-corrected chi connectivity index (χ3v) is 4.13. The topological polar surface area (TPSA) is 104 Å². The van der Waals surface area contributed by atoms with Gasteiger partial charge in [0, 0.05) is 37.3 Å². The number of H-pyrrole nitrogens is 1. The lowest BCUT2D eigenvalue weighted by Gasteiger charge is -2.14. The first kappa shape index (κ1) is 16.8. The Hall–Kier alpha value is -1.25. The van der Waals surface area contributed by atoms with Crippen molar-refractivity contribution < 1.29 is 8.42 Å². The molecule has 3 N–H and O–H groups in total. The van der Waals surface area contributed by atoms with E-state index in [1.165, 1.54) is 6.07 Å². The van der Waals surface area contributed by atoms with Crippen LogP contribution in [0.1, 0.15) is 25.4 Å². The van der Waals surface area contributed by atoms with E-state index < -0.39 is 10.0 Å². The predicted molar refractivity (Wildman–Crippen MR) is 78.2 cm³/mol. The van der Waals surface area contributed by atoms with E-state index in [4.69, 9.17) is 0 Å². The Morgan fingerprint density at radius 1 is 1.45 bits per heavy atom. The van der Waals surface area contributed by atoms with Crippen LogP contribution in [0.2, 0.25) is 0 Å². The highest BCUT2D eigenvalue weighted by Gasteiger charge is 2.09. The molecule has 0 bridgehead atoms. The van der Waals surface area contributed by atoms with Gasteiger partial charge in [-0.05, 0) is 20.8 Å². The molecule has 20 heavy (non-hydrogen) atoms. The fourth-order valence-corrected chi connectivity index (χ4v) is 2.33. The normalized spacial score (nSPS) is 13.3. The second-order valence-corrected chi connectivity index (χ2v) is 6.79. The standard InChI is InChI=1S/C12H22N4O3S/c1-4-20(18,19)14-8-10(3)13-6-5-11-15-9(2)7-12(17)16-11/h7,10,13-14H,4-6,8H2,1-3H3,(H,15,16,17). The summed E-state index contributed by atoms with van der Waals surface area (Å²) in [6.45, 7) is 6.22. The van der Waals surface area contributed by atoms with Gasteiger partial charge in [-0.15, -0.1) is 0 Å². The van der Waals surface area contributed by atoms with Crippen molar-refractivity contribution in [1.82, 2.24) is 20.0 Å². The number of rotatable bonds is 8. The molecule has 1 heterocycles. The molecular formula is C12H22N4O3S. The number of hydrogen-bond acceptors (Lipinski definition) is 5. The van der Waals surface area contributed by atoms with Crippen LogP contribution in [0.4, 0.5) is 0 Å². The van der Waals surface area contributed by atoms with Crippen LogP contribution < -0.4 is 15.6 Å². The first-order valence-corrected chi connectivity index (χ1v) is 8.25. The van der Waals surface area contributed by atoms with Gasteiger partial charge in [0.15, 0.2) is 0 Å². The van der Waals surface area contributed by atoms with E-state index in [-0.39, 0.29) is 17.4 Å². The largest absolute Gasteiger partial charge is 0.313 e. The first-order valence-electron chi connectivity index (χ1n) is 6.60. The maximum atomic E-state index is 11.3. The minimum absolute atomic E-state index is 0.00727. The molecule has 1 unspecified atom stereocenters. The molecule has 0 radical (unpaired) electrons. The molecular weight excluding hydrogens is 280 g/mol. The number of aromatic amines is 1. The average Bonchev–Trinajstić information content (AvgIpc) is 2.35. The minimum atomic E-state index is -3.15. The molecule has 0 aliphatic heterocycles. The van der Waals surface area contributed by atoms with Crippen LogP contribution in [0, 0.1) is 6.92 Å². The molecule has 1 aromatic heterocycles. The highest BCUT2D eigenvalue weighted by molar-refractivity contribution is 7.89. The van der Waals surface area contributed by atoms with Gasteiger partial charge >= 0.3 is 0 Å². The zero-order valence-electron chi connectivity index (χ0n) is 12.1. The molecule has 0 saturated heterocycles. The van der Waals surface area contributed by atoms with E-state index in [1.54, 1.807) is 13.8 Å². The molecule has 8 heteroatoms. The summed E-state index contributed by atoms with van der Waals surface area (Å²) in [7, 11) is -3.15. The van der Waals surface area contributed by atoms with Gasteiger partial charge in [0.25, 0.3) is 5.56 Å². The van der Waals surface area contributed by atoms with E-state index in [9.17, 15) is 13.2 Å². The molecule has 1 atom stereocenters. The second-order valence-electron chi connectivity index (χ2n) is 4.69. The lowest BCUT2D eigenvalue weighted by molar-refractivity contribution is 0.523. The van der Waals surface area contributed by atoms with Crippen molar-refractivity contribution in [1.29, 1.82) is 0 Å². The van der Waals surface area contributed by atoms with Crippen molar-refractivity contribution in [3.63, 3.8) is 0 Å². The van der Waals surface area contributed by atoms with Crippen LogP contribution in [-0.2, 0) is 16.4 Å². The average molecular weight is 302 g/mol. The maximum absolute atomic E-state index is 11.3. The fourth-order valence-electron chi connectivity index (χ4n) is 1.62. The summed E-state index contributed by atoms with van der Waals surface area (Å²) in [4.78, 5) is 18.2. The van der Waals surface area contributed by atoms with Crippen LogP contribution in [-0.4, -0.2) is 43.3 Å². The zero-order valence-corrected chi connectivity index (χ0v) is 12.9. The summed E-state index contributed by atoms with van der Waals surface area (Å²) >= 11 is 0. The molecule has 0 aliphatic carbocycles. The van der Waals surface area contributed by atoms with Crippen LogP contribution in [0.5, 0.6) is 0 Å². The Bertz CT molecular complexity index is 583. The van der Waals surface area contributed by atoms with Gasteiger partial charge in [0.05, 0.1) is 5.75 Å². The summed E-state index contributed by atoms with van der Waals surface area (Å²) < 4.78 is 25.1. The van der Waals surface area contributed by atoms with Crippen LogP contribution in [0.3, 0.4) is 0 Å². The third kappa shape index (κ3) is 6.27. The zero-order chi connectivity index (χ0) is 15.2. The van der Waals surface area contributed by atoms with E-state index in [0.717, 1.165) is 0 Å². The molecule has 0 aromatic carbocycles. The SMILES string of the molecule is CCS(=O)(=O)NCC(C)NCCc1nc(C)cc(=O)[nH]1. The van der Waals surface area contributed by atoms with Crippen molar-refractivity contribution in [2.75, 3.05) is 18.8 Å². The summed E-state index contributed by atoms with van der Waals surface area (Å²) in [5.74, 6) is 0.706. The van der Waals surface area contributed by atoms with Crippen molar-refractivity contribution in [3.8, 4) is 0 Å². The number of aryl methyl sites for hydroxylation is 1. The molecule has 0 spiro atoms. The second kappa shape index (κ2) is 7.51. The summed E-state index contributed by atoms with van der Waals surface area (Å²) in [5, 5.41) is 3.18. The Labute approximate surface area is 119 Å². The molecule has 0 amide bonds. The molecule has 1 aromatic rings. The Morgan fingerprint density at radius 3 is 2.75 bits per heavy atom. The van der Waals surface area contributed by atoms with Gasteiger partial charge in [-0.25, -0.2) is 18.1 Å². The minimum Gasteiger partial charge on any atom is -0.313 e. The molecule has 0 aliphatic rings. The van der Waals surface area contributed by atoms with E-state index in [1.807, 2.05) is 6.92 Å². The lowest BCUT2D eigenvalue weighted by Crippen LogP contribution is -2.40. The Kier molecular flexibility index (Phi) is 6.31. The molecule has 0 fully saturated rings.